The summed E-state index contributed by atoms with van der Waals surface area (Å²) >= 11 is 0. The largest absolute Gasteiger partial charge is 0.408 e. The smallest absolute Gasteiger partial charge is 0.391 e. The number of fused-ring (bicyclic) bond motifs is 1. The van der Waals surface area contributed by atoms with Crippen molar-refractivity contribution in [1.82, 2.24) is 19.9 Å². The Bertz CT molecular complexity index is 1360. The highest BCUT2D eigenvalue weighted by molar-refractivity contribution is 5.97. The van der Waals surface area contributed by atoms with Gasteiger partial charge in [0.05, 0.1) is 17.7 Å². The predicted octanol–water partition coefficient (Wildman–Crippen LogP) is 3.09. The van der Waals surface area contributed by atoms with Gasteiger partial charge in [0.2, 0.25) is 5.43 Å². The monoisotopic (exact) mass is 511 g/mol. The van der Waals surface area contributed by atoms with Crippen LogP contribution in [0.15, 0.2) is 35.4 Å². The topological polar surface area (TPSA) is 100 Å². The fraction of sp³-hybridized carbons (Fsp3) is 0.391. The van der Waals surface area contributed by atoms with Crippen molar-refractivity contribution in [3.63, 3.8) is 0 Å². The molecule has 1 fully saturated rings. The van der Waals surface area contributed by atoms with Crippen molar-refractivity contribution in [3.05, 3.63) is 58.0 Å². The fourth-order valence-corrected chi connectivity index (χ4v) is 4.09. The molecule has 0 aromatic carbocycles. The lowest BCUT2D eigenvalue weighted by molar-refractivity contribution is -0.153. The molecule has 2 unspecified atom stereocenters. The number of carbonyl (C=O) groups is 1. The first-order valence-corrected chi connectivity index (χ1v) is 11.2. The van der Waals surface area contributed by atoms with Gasteiger partial charge in [-0.3, -0.25) is 14.2 Å². The number of amides is 1. The number of alkyl halides is 3. The van der Waals surface area contributed by atoms with E-state index in [0.29, 0.717) is 37.5 Å². The summed E-state index contributed by atoms with van der Waals surface area (Å²) in [5.74, 6) is -3.61. The van der Waals surface area contributed by atoms with E-state index in [9.17, 15) is 36.6 Å². The van der Waals surface area contributed by atoms with Gasteiger partial charge in [-0.15, -0.1) is 0 Å². The fourth-order valence-electron chi connectivity index (χ4n) is 4.09. The van der Waals surface area contributed by atoms with Crippen molar-refractivity contribution in [1.29, 1.82) is 0 Å². The maximum Gasteiger partial charge on any atom is 0.408 e. The van der Waals surface area contributed by atoms with E-state index in [2.05, 4.69) is 9.97 Å². The number of nitrogens with one attached hydrogen (secondary N) is 1. The molecule has 0 saturated carbocycles. The van der Waals surface area contributed by atoms with E-state index in [1.54, 1.807) is 10.2 Å². The second kappa shape index (κ2) is 9.80. The highest BCUT2D eigenvalue weighted by Gasteiger charge is 2.39. The number of aromatic nitrogens is 3. The van der Waals surface area contributed by atoms with Gasteiger partial charge >= 0.3 is 6.18 Å². The molecular formula is C23H22F5N5O3. The number of hydrogen-bond acceptors (Lipinski definition) is 6. The zero-order chi connectivity index (χ0) is 26.2. The Labute approximate surface area is 201 Å². The second-order valence-electron chi connectivity index (χ2n) is 8.46. The van der Waals surface area contributed by atoms with Crippen LogP contribution in [0.2, 0.25) is 0 Å². The van der Waals surface area contributed by atoms with Crippen molar-refractivity contribution < 1.29 is 31.9 Å². The van der Waals surface area contributed by atoms with Crippen molar-refractivity contribution in [2.75, 3.05) is 18.0 Å². The van der Waals surface area contributed by atoms with E-state index >= 15 is 0 Å². The zero-order valence-electron chi connectivity index (χ0n) is 19.0. The number of hydrogen-bond donors (Lipinski definition) is 2. The lowest BCUT2D eigenvalue weighted by Crippen LogP contribution is -2.46. The zero-order valence-corrected chi connectivity index (χ0v) is 19.0. The molecule has 192 valence electrons. The summed E-state index contributed by atoms with van der Waals surface area (Å²) in [5, 5.41) is 11.6. The number of rotatable bonds is 5. The summed E-state index contributed by atoms with van der Waals surface area (Å²) in [4.78, 5) is 35.7. The molecule has 1 aliphatic heterocycles. The first-order chi connectivity index (χ1) is 17.0. The third kappa shape index (κ3) is 5.01. The average Bonchev–Trinajstić information content (AvgIpc) is 2.82. The van der Waals surface area contributed by atoms with Crippen LogP contribution in [0.3, 0.4) is 0 Å². The summed E-state index contributed by atoms with van der Waals surface area (Å²) < 4.78 is 68.8. The number of halogens is 5. The van der Waals surface area contributed by atoms with Gasteiger partial charge in [0.25, 0.3) is 5.91 Å². The molecule has 4 heterocycles. The molecule has 0 spiro atoms. The number of carbonyl (C=O) groups excluding carboxylic acids is 1. The van der Waals surface area contributed by atoms with Crippen LogP contribution >= 0.6 is 0 Å². The van der Waals surface area contributed by atoms with E-state index < -0.39 is 59.1 Å². The Morgan fingerprint density at radius 3 is 2.69 bits per heavy atom. The van der Waals surface area contributed by atoms with Crippen molar-refractivity contribution >= 4 is 22.8 Å². The molecule has 4 rings (SSSR count). The molecule has 3 aromatic heterocycles. The number of aliphatic hydroxyl groups is 1. The maximum atomic E-state index is 14.7. The summed E-state index contributed by atoms with van der Waals surface area (Å²) in [5.41, 5.74) is -1.76. The van der Waals surface area contributed by atoms with Gasteiger partial charge < -0.3 is 15.3 Å². The van der Waals surface area contributed by atoms with Crippen LogP contribution in [-0.2, 0) is 0 Å². The number of anilines is 1. The van der Waals surface area contributed by atoms with Gasteiger partial charge in [0.15, 0.2) is 17.3 Å². The van der Waals surface area contributed by atoms with Crippen LogP contribution in [0.4, 0.5) is 27.8 Å². The molecule has 1 aliphatic rings. The number of piperidine rings is 1. The Morgan fingerprint density at radius 2 is 2.06 bits per heavy atom. The third-order valence-electron chi connectivity index (χ3n) is 5.93. The molecule has 0 bridgehead atoms. The normalized spacial score (nSPS) is 17.3. The van der Waals surface area contributed by atoms with E-state index in [4.69, 9.17) is 0 Å². The van der Waals surface area contributed by atoms with E-state index in [1.807, 2.05) is 0 Å². The summed E-state index contributed by atoms with van der Waals surface area (Å²) in [6.07, 6.45) is -2.98. The van der Waals surface area contributed by atoms with Crippen molar-refractivity contribution in [2.24, 2.45) is 0 Å². The van der Waals surface area contributed by atoms with Gasteiger partial charge in [-0.05, 0) is 31.4 Å². The molecule has 8 nitrogen and oxygen atoms in total. The van der Waals surface area contributed by atoms with Crippen LogP contribution in [0, 0.1) is 11.6 Å². The molecule has 13 heteroatoms. The third-order valence-corrected chi connectivity index (χ3v) is 5.93. The van der Waals surface area contributed by atoms with E-state index in [1.165, 1.54) is 19.1 Å². The Hall–Kier alpha value is -3.61. The van der Waals surface area contributed by atoms with E-state index in [-0.39, 0.29) is 17.6 Å². The van der Waals surface area contributed by atoms with Crippen LogP contribution in [0.1, 0.15) is 36.5 Å². The first-order valence-electron chi connectivity index (χ1n) is 11.2. The van der Waals surface area contributed by atoms with Gasteiger partial charge in [0.1, 0.15) is 23.2 Å². The van der Waals surface area contributed by atoms with Gasteiger partial charge in [-0.25, -0.2) is 18.7 Å². The number of aliphatic hydroxyl groups excluding tert-OH is 1. The Balaban J connectivity index is 1.90. The van der Waals surface area contributed by atoms with Crippen molar-refractivity contribution in [3.8, 4) is 5.82 Å². The number of pyridine rings is 3. The van der Waals surface area contributed by atoms with Crippen molar-refractivity contribution in [2.45, 2.75) is 44.5 Å². The maximum absolute atomic E-state index is 14.7. The first kappa shape index (κ1) is 25.5. The van der Waals surface area contributed by atoms with Crippen LogP contribution in [0.5, 0.6) is 0 Å². The lowest BCUT2D eigenvalue weighted by Gasteiger charge is -2.31. The van der Waals surface area contributed by atoms with Gasteiger partial charge in [0, 0.05) is 25.4 Å². The molecule has 3 aromatic rings. The predicted molar refractivity (Wildman–Crippen MR) is 120 cm³/mol. The Morgan fingerprint density at radius 1 is 1.31 bits per heavy atom. The molecule has 1 saturated heterocycles. The Kier molecular flexibility index (Phi) is 6.94. The molecule has 0 radical (unpaired) electrons. The van der Waals surface area contributed by atoms with Gasteiger partial charge in [-0.1, -0.05) is 6.92 Å². The number of β-amino-alcohol motifs (C(OH)–C–C–N with tert-alkyl or cyclic N) is 1. The molecule has 2 N–H and O–H groups in total. The number of nitrogens with zero attached hydrogens (tertiary/aromatic N) is 4. The minimum Gasteiger partial charge on any atom is -0.391 e. The second-order valence-corrected chi connectivity index (χ2v) is 8.46. The minimum atomic E-state index is -4.75. The average molecular weight is 511 g/mol. The minimum absolute atomic E-state index is 0.144. The quantitative estimate of drug-likeness (QED) is 0.511. The summed E-state index contributed by atoms with van der Waals surface area (Å²) in [7, 11) is 0. The van der Waals surface area contributed by atoms with Crippen LogP contribution < -0.4 is 15.6 Å². The van der Waals surface area contributed by atoms with E-state index in [0.717, 1.165) is 10.8 Å². The lowest BCUT2D eigenvalue weighted by atomic mass is 10.1. The molecule has 2 atom stereocenters. The molecule has 36 heavy (non-hydrogen) atoms. The summed E-state index contributed by atoms with van der Waals surface area (Å²) in [6, 6.07) is 1.11. The van der Waals surface area contributed by atoms with Gasteiger partial charge in [-0.2, -0.15) is 13.2 Å². The molecule has 1 amide bonds. The summed E-state index contributed by atoms with van der Waals surface area (Å²) in [6.45, 7) is 2.04. The molecular weight excluding hydrogens is 489 g/mol. The standard InChI is InChI=1S/C23H22F5N5O3/c1-2-17(23(26,27)28)30-22(36)15-11-33(21-16(25)8-12(24)9-29-21)20-14(19(15)35)5-6-18(31-20)32-7-3-4-13(34)10-32/h5-6,8-9,11,13,17,34H,2-4,7,10H2,1H3,(H,30,36). The van der Waals surface area contributed by atoms with Crippen LogP contribution in [0.25, 0.3) is 16.9 Å². The van der Waals surface area contributed by atoms with Crippen LogP contribution in [-0.4, -0.2) is 57.0 Å². The highest BCUT2D eigenvalue weighted by Crippen LogP contribution is 2.25. The highest BCUT2D eigenvalue weighted by atomic mass is 19.4. The molecule has 0 aliphatic carbocycles. The SMILES string of the molecule is CCC(NC(=O)c1cn(-c2ncc(F)cc2F)c2nc(N3CCCC(O)C3)ccc2c1=O)C(F)(F)F.